The molecule has 1 fully saturated rings. The molecular weight excluding hydrogens is 376 g/mol. The fraction of sp³-hybridized carbons (Fsp3) is 0.348. The van der Waals surface area contributed by atoms with E-state index in [1.54, 1.807) is 6.33 Å². The second-order valence-electron chi connectivity index (χ2n) is 8.78. The van der Waals surface area contributed by atoms with Crippen LogP contribution in [0.5, 0.6) is 0 Å². The van der Waals surface area contributed by atoms with Gasteiger partial charge in [0.2, 0.25) is 5.89 Å². The van der Waals surface area contributed by atoms with Crippen LogP contribution in [0.15, 0.2) is 47.5 Å². The summed E-state index contributed by atoms with van der Waals surface area (Å²) in [5.41, 5.74) is 5.35. The Morgan fingerprint density at radius 3 is 2.83 bits per heavy atom. The molecule has 4 aromatic rings. The van der Waals surface area contributed by atoms with Crippen molar-refractivity contribution < 1.29 is 4.52 Å². The lowest BCUT2D eigenvalue weighted by Gasteiger charge is -2.21. The van der Waals surface area contributed by atoms with Gasteiger partial charge in [-0.25, -0.2) is 0 Å². The summed E-state index contributed by atoms with van der Waals surface area (Å²) in [5, 5.41) is 12.4. The van der Waals surface area contributed by atoms with Gasteiger partial charge in [-0.05, 0) is 68.0 Å². The van der Waals surface area contributed by atoms with Gasteiger partial charge in [0, 0.05) is 30.3 Å². The van der Waals surface area contributed by atoms with Gasteiger partial charge >= 0.3 is 0 Å². The Balaban J connectivity index is 1.36. The summed E-state index contributed by atoms with van der Waals surface area (Å²) in [6.45, 7) is 4.22. The van der Waals surface area contributed by atoms with Crippen molar-refractivity contribution in [2.45, 2.75) is 50.9 Å². The molecule has 6 rings (SSSR count). The predicted molar refractivity (Wildman–Crippen MR) is 110 cm³/mol. The van der Waals surface area contributed by atoms with E-state index in [2.05, 4.69) is 68.0 Å². The first-order chi connectivity index (χ1) is 14.6. The molecule has 4 heterocycles. The van der Waals surface area contributed by atoms with Crippen molar-refractivity contribution in [3.8, 4) is 16.8 Å². The van der Waals surface area contributed by atoms with Crippen LogP contribution in [0.4, 0.5) is 0 Å². The molecule has 30 heavy (non-hydrogen) atoms. The van der Waals surface area contributed by atoms with E-state index in [1.807, 2.05) is 12.4 Å². The molecule has 0 atom stereocenters. The number of aryl methyl sites for hydroxylation is 2. The molecular formula is C23H22N6O. The Hall–Kier alpha value is -3.35. The highest BCUT2D eigenvalue weighted by Crippen LogP contribution is 2.40. The van der Waals surface area contributed by atoms with E-state index in [-0.39, 0.29) is 0 Å². The van der Waals surface area contributed by atoms with E-state index in [0.29, 0.717) is 11.8 Å². The number of hydrogen-bond acceptors (Lipinski definition) is 6. The van der Waals surface area contributed by atoms with Gasteiger partial charge in [0.1, 0.15) is 12.2 Å². The zero-order valence-corrected chi connectivity index (χ0v) is 17.0. The summed E-state index contributed by atoms with van der Waals surface area (Å²) in [6, 6.07) is 8.72. The summed E-state index contributed by atoms with van der Waals surface area (Å²) >= 11 is 0. The number of rotatable bonds is 4. The van der Waals surface area contributed by atoms with E-state index in [9.17, 15) is 0 Å². The normalized spacial score (nSPS) is 15.7. The zero-order valence-electron chi connectivity index (χ0n) is 17.0. The highest BCUT2D eigenvalue weighted by atomic mass is 16.5. The smallest absolute Gasteiger partial charge is 0.236 e. The van der Waals surface area contributed by atoms with Crippen LogP contribution in [0.2, 0.25) is 0 Å². The topological polar surface area (TPSA) is 82.5 Å². The molecule has 7 heteroatoms. The van der Waals surface area contributed by atoms with Crippen LogP contribution in [0.1, 0.15) is 61.3 Å². The predicted octanol–water partition coefficient (Wildman–Crippen LogP) is 4.01. The Labute approximate surface area is 174 Å². The minimum Gasteiger partial charge on any atom is -0.338 e. The zero-order chi connectivity index (χ0) is 20.3. The third-order valence-corrected chi connectivity index (χ3v) is 6.29. The molecule has 1 aliphatic heterocycles. The minimum absolute atomic E-state index is 0.408. The molecule has 3 aromatic heterocycles. The van der Waals surface area contributed by atoms with Gasteiger partial charge < -0.3 is 4.52 Å². The minimum atomic E-state index is -0.408. The summed E-state index contributed by atoms with van der Waals surface area (Å²) in [7, 11) is 0. The summed E-state index contributed by atoms with van der Waals surface area (Å²) < 4.78 is 7.70. The SMILES string of the molecule is CC(C)(c1cncc(-c2ccc3c(c2)CCc2nncn2-3)c1)c1nc(C2CC2)no1. The fourth-order valence-corrected chi connectivity index (χ4v) is 4.14. The second kappa shape index (κ2) is 6.32. The van der Waals surface area contributed by atoms with Crippen LogP contribution in [-0.4, -0.2) is 29.9 Å². The number of nitrogens with zero attached hydrogens (tertiary/aromatic N) is 6. The summed E-state index contributed by atoms with van der Waals surface area (Å²) in [6.07, 6.45) is 9.79. The molecule has 1 saturated carbocycles. The highest BCUT2D eigenvalue weighted by Gasteiger charge is 2.34. The standard InChI is InChI=1S/C23H22N6O/c1-23(2,22-26-21(28-30-22)14-3-4-14)18-10-17(11-24-12-18)15-5-7-19-16(9-15)6-8-20-27-25-13-29(19)20/h5,7,9-14H,3-4,6,8H2,1-2H3. The van der Waals surface area contributed by atoms with Gasteiger partial charge in [0.15, 0.2) is 5.82 Å². The lowest BCUT2D eigenvalue weighted by Crippen LogP contribution is -2.20. The largest absolute Gasteiger partial charge is 0.338 e. The Bertz CT molecular complexity index is 1250. The number of benzene rings is 1. The van der Waals surface area contributed by atoms with E-state index >= 15 is 0 Å². The van der Waals surface area contributed by atoms with Crippen LogP contribution < -0.4 is 0 Å². The second-order valence-corrected chi connectivity index (χ2v) is 8.78. The quantitative estimate of drug-likeness (QED) is 0.516. The molecule has 0 N–H and O–H groups in total. The van der Waals surface area contributed by atoms with Gasteiger partial charge in [-0.3, -0.25) is 9.55 Å². The molecule has 1 aliphatic carbocycles. The average molecular weight is 398 g/mol. The lowest BCUT2D eigenvalue weighted by molar-refractivity contribution is 0.329. The van der Waals surface area contributed by atoms with Crippen molar-refractivity contribution in [3.05, 3.63) is 71.7 Å². The molecule has 1 aromatic carbocycles. The van der Waals surface area contributed by atoms with Crippen molar-refractivity contribution >= 4 is 0 Å². The highest BCUT2D eigenvalue weighted by molar-refractivity contribution is 5.67. The lowest BCUT2D eigenvalue weighted by atomic mass is 9.84. The van der Waals surface area contributed by atoms with Crippen molar-refractivity contribution in [3.63, 3.8) is 0 Å². The molecule has 2 aliphatic rings. The summed E-state index contributed by atoms with van der Waals surface area (Å²) in [4.78, 5) is 9.21. The van der Waals surface area contributed by atoms with E-state index in [0.717, 1.165) is 59.7 Å². The van der Waals surface area contributed by atoms with Gasteiger partial charge in [-0.2, -0.15) is 4.98 Å². The fourth-order valence-electron chi connectivity index (χ4n) is 4.14. The monoisotopic (exact) mass is 398 g/mol. The number of pyridine rings is 1. The maximum atomic E-state index is 5.63. The van der Waals surface area contributed by atoms with Crippen molar-refractivity contribution in [1.82, 2.24) is 29.9 Å². The Morgan fingerprint density at radius 2 is 1.97 bits per heavy atom. The average Bonchev–Trinajstić information content (AvgIpc) is 3.29. The number of aromatic nitrogens is 6. The van der Waals surface area contributed by atoms with Gasteiger partial charge in [-0.15, -0.1) is 10.2 Å². The number of fused-ring (bicyclic) bond motifs is 3. The van der Waals surface area contributed by atoms with Crippen LogP contribution in [0.3, 0.4) is 0 Å². The van der Waals surface area contributed by atoms with Crippen molar-refractivity contribution in [1.29, 1.82) is 0 Å². The third kappa shape index (κ3) is 2.76. The maximum absolute atomic E-state index is 5.63. The maximum Gasteiger partial charge on any atom is 0.236 e. The van der Waals surface area contributed by atoms with E-state index < -0.39 is 5.41 Å². The van der Waals surface area contributed by atoms with Crippen LogP contribution in [0, 0.1) is 0 Å². The third-order valence-electron chi connectivity index (χ3n) is 6.29. The molecule has 7 nitrogen and oxygen atoms in total. The van der Waals surface area contributed by atoms with Gasteiger partial charge in [-0.1, -0.05) is 11.2 Å². The molecule has 0 saturated heterocycles. The van der Waals surface area contributed by atoms with Gasteiger partial charge in [0.25, 0.3) is 0 Å². The van der Waals surface area contributed by atoms with E-state index in [4.69, 9.17) is 4.52 Å². The van der Waals surface area contributed by atoms with E-state index in [1.165, 1.54) is 5.56 Å². The van der Waals surface area contributed by atoms with Crippen LogP contribution in [-0.2, 0) is 18.3 Å². The van der Waals surface area contributed by atoms with Crippen molar-refractivity contribution in [2.75, 3.05) is 0 Å². The Morgan fingerprint density at radius 1 is 1.07 bits per heavy atom. The molecule has 0 amide bonds. The number of hydrogen-bond donors (Lipinski definition) is 0. The molecule has 0 spiro atoms. The first-order valence-electron chi connectivity index (χ1n) is 10.4. The van der Waals surface area contributed by atoms with Crippen molar-refractivity contribution in [2.24, 2.45) is 0 Å². The first kappa shape index (κ1) is 17.5. The van der Waals surface area contributed by atoms with Crippen LogP contribution >= 0.6 is 0 Å². The molecule has 150 valence electrons. The van der Waals surface area contributed by atoms with Gasteiger partial charge in [0.05, 0.1) is 11.1 Å². The molecule has 0 unspecified atom stereocenters. The first-order valence-corrected chi connectivity index (χ1v) is 10.4. The Kier molecular flexibility index (Phi) is 3.69. The van der Waals surface area contributed by atoms with Crippen LogP contribution in [0.25, 0.3) is 16.8 Å². The molecule has 0 bridgehead atoms. The summed E-state index contributed by atoms with van der Waals surface area (Å²) in [5.74, 6) is 2.98. The molecule has 0 radical (unpaired) electrons.